The lowest BCUT2D eigenvalue weighted by molar-refractivity contribution is 0.480. The Morgan fingerprint density at radius 1 is 1.35 bits per heavy atom. The second kappa shape index (κ2) is 5.75. The lowest BCUT2D eigenvalue weighted by Gasteiger charge is -2.10. The third kappa shape index (κ3) is 3.34. The van der Waals surface area contributed by atoms with E-state index in [4.69, 9.17) is 0 Å². The molecule has 2 rings (SSSR count). The Labute approximate surface area is 117 Å². The molecule has 0 heterocycles. The molecular formula is C13H18F2N2O2S. The fourth-order valence-corrected chi connectivity index (χ4v) is 3.43. The SMILES string of the molecule is CCNCc1cc(F)c(F)c(S(=O)(=O)NC2CC2C)c1. The van der Waals surface area contributed by atoms with Crippen molar-refractivity contribution in [3.05, 3.63) is 29.3 Å². The topological polar surface area (TPSA) is 58.2 Å². The fraction of sp³-hybridized carbons (Fsp3) is 0.538. The largest absolute Gasteiger partial charge is 0.313 e. The summed E-state index contributed by atoms with van der Waals surface area (Å²) in [5, 5.41) is 2.95. The van der Waals surface area contributed by atoms with Crippen molar-refractivity contribution >= 4 is 10.0 Å². The molecule has 2 unspecified atom stereocenters. The molecule has 1 fully saturated rings. The predicted octanol–water partition coefficient (Wildman–Crippen LogP) is 1.76. The second-order valence-corrected chi connectivity index (χ2v) is 6.79. The van der Waals surface area contributed by atoms with E-state index in [1.807, 2.05) is 13.8 Å². The molecule has 0 spiro atoms. The maximum absolute atomic E-state index is 13.8. The monoisotopic (exact) mass is 304 g/mol. The number of hydrogen-bond acceptors (Lipinski definition) is 3. The Bertz CT molecular complexity index is 605. The van der Waals surface area contributed by atoms with Gasteiger partial charge in [0.25, 0.3) is 0 Å². The first kappa shape index (κ1) is 15.3. The Morgan fingerprint density at radius 3 is 2.55 bits per heavy atom. The van der Waals surface area contributed by atoms with Crippen LogP contribution in [-0.4, -0.2) is 21.0 Å². The van der Waals surface area contributed by atoms with Gasteiger partial charge in [-0.3, -0.25) is 0 Å². The molecule has 0 bridgehead atoms. The molecule has 1 aliphatic carbocycles. The molecular weight excluding hydrogens is 286 g/mol. The first-order chi connectivity index (χ1) is 9.35. The molecule has 1 aromatic rings. The second-order valence-electron chi connectivity index (χ2n) is 5.11. The molecule has 0 aromatic heterocycles. The molecule has 0 saturated heterocycles. The molecule has 4 nitrogen and oxygen atoms in total. The zero-order valence-corrected chi connectivity index (χ0v) is 12.2. The molecule has 2 atom stereocenters. The summed E-state index contributed by atoms with van der Waals surface area (Å²) in [6.07, 6.45) is 0.723. The van der Waals surface area contributed by atoms with Crippen LogP contribution in [0.1, 0.15) is 25.8 Å². The highest BCUT2D eigenvalue weighted by molar-refractivity contribution is 7.89. The summed E-state index contributed by atoms with van der Waals surface area (Å²) in [7, 11) is -4.02. The van der Waals surface area contributed by atoms with E-state index in [9.17, 15) is 17.2 Å². The fourth-order valence-electron chi connectivity index (χ4n) is 1.93. The van der Waals surface area contributed by atoms with Crippen LogP contribution >= 0.6 is 0 Å². The summed E-state index contributed by atoms with van der Waals surface area (Å²) < 4.78 is 53.9. The van der Waals surface area contributed by atoms with Crippen LogP contribution in [0.3, 0.4) is 0 Å². The maximum atomic E-state index is 13.8. The summed E-state index contributed by atoms with van der Waals surface area (Å²) in [6, 6.07) is 2.01. The van der Waals surface area contributed by atoms with Gasteiger partial charge in [-0.15, -0.1) is 0 Å². The molecule has 0 aliphatic heterocycles. The van der Waals surface area contributed by atoms with Crippen LogP contribution in [0.5, 0.6) is 0 Å². The number of rotatable bonds is 6. The number of hydrogen-bond donors (Lipinski definition) is 2. The average molecular weight is 304 g/mol. The van der Waals surface area contributed by atoms with Crippen LogP contribution in [0.4, 0.5) is 8.78 Å². The minimum absolute atomic E-state index is 0.181. The molecule has 112 valence electrons. The van der Waals surface area contributed by atoms with Gasteiger partial charge in [-0.2, -0.15) is 0 Å². The Morgan fingerprint density at radius 2 is 2.00 bits per heavy atom. The van der Waals surface area contributed by atoms with Crippen LogP contribution in [0.25, 0.3) is 0 Å². The molecule has 7 heteroatoms. The smallest absolute Gasteiger partial charge is 0.243 e. The summed E-state index contributed by atoms with van der Waals surface area (Å²) in [5.74, 6) is -2.24. The lowest BCUT2D eigenvalue weighted by Crippen LogP contribution is -2.28. The van der Waals surface area contributed by atoms with Gasteiger partial charge in [0, 0.05) is 12.6 Å². The molecule has 20 heavy (non-hydrogen) atoms. The van der Waals surface area contributed by atoms with Gasteiger partial charge in [0.2, 0.25) is 10.0 Å². The van der Waals surface area contributed by atoms with E-state index in [0.29, 0.717) is 12.1 Å². The van der Waals surface area contributed by atoms with E-state index in [-0.39, 0.29) is 18.5 Å². The van der Waals surface area contributed by atoms with Gasteiger partial charge in [0.15, 0.2) is 11.6 Å². The Balaban J connectivity index is 2.31. The summed E-state index contributed by atoms with van der Waals surface area (Å²) in [5.41, 5.74) is 0.398. The van der Waals surface area contributed by atoms with Gasteiger partial charge in [0.1, 0.15) is 4.90 Å². The van der Waals surface area contributed by atoms with Crippen molar-refractivity contribution in [2.45, 2.75) is 37.8 Å². The van der Waals surface area contributed by atoms with Crippen molar-refractivity contribution in [3.8, 4) is 0 Å². The highest BCUT2D eigenvalue weighted by Gasteiger charge is 2.37. The summed E-state index contributed by atoms with van der Waals surface area (Å²) in [4.78, 5) is -0.621. The van der Waals surface area contributed by atoms with E-state index >= 15 is 0 Å². The van der Waals surface area contributed by atoms with Gasteiger partial charge in [-0.1, -0.05) is 13.8 Å². The van der Waals surface area contributed by atoms with Crippen molar-refractivity contribution in [2.24, 2.45) is 5.92 Å². The third-order valence-corrected chi connectivity index (χ3v) is 4.83. The molecule has 1 aliphatic rings. The van der Waals surface area contributed by atoms with Crippen LogP contribution < -0.4 is 10.0 Å². The van der Waals surface area contributed by atoms with Crippen molar-refractivity contribution in [3.63, 3.8) is 0 Å². The molecule has 0 amide bonds. The highest BCUT2D eigenvalue weighted by atomic mass is 32.2. The summed E-state index contributed by atoms with van der Waals surface area (Å²) in [6.45, 7) is 4.70. The van der Waals surface area contributed by atoms with E-state index in [1.165, 1.54) is 6.07 Å². The Hall–Kier alpha value is -1.05. The number of halogens is 2. The van der Waals surface area contributed by atoms with Crippen molar-refractivity contribution in [1.82, 2.24) is 10.0 Å². The van der Waals surface area contributed by atoms with Gasteiger partial charge in [-0.25, -0.2) is 21.9 Å². The van der Waals surface area contributed by atoms with E-state index in [0.717, 1.165) is 12.5 Å². The predicted molar refractivity (Wildman–Crippen MR) is 71.6 cm³/mol. The molecule has 2 N–H and O–H groups in total. The van der Waals surface area contributed by atoms with Crippen LogP contribution in [0, 0.1) is 17.6 Å². The summed E-state index contributed by atoms with van der Waals surface area (Å²) >= 11 is 0. The van der Waals surface area contributed by atoms with Gasteiger partial charge in [-0.05, 0) is 36.6 Å². The normalized spacial score (nSPS) is 22.0. The minimum Gasteiger partial charge on any atom is -0.313 e. The average Bonchev–Trinajstić information content (AvgIpc) is 3.04. The number of benzene rings is 1. The maximum Gasteiger partial charge on any atom is 0.243 e. The molecule has 1 saturated carbocycles. The molecule has 1 aromatic carbocycles. The van der Waals surface area contributed by atoms with Crippen LogP contribution in [-0.2, 0) is 16.6 Å². The standard InChI is InChI=1S/C13H18F2N2O2S/c1-3-16-7-9-5-10(14)13(15)12(6-9)20(18,19)17-11-4-8(11)2/h5-6,8,11,16-17H,3-4,7H2,1-2H3. The van der Waals surface area contributed by atoms with Crippen LogP contribution in [0.2, 0.25) is 0 Å². The van der Waals surface area contributed by atoms with Gasteiger partial charge in [0.05, 0.1) is 0 Å². The number of sulfonamides is 1. The first-order valence-electron chi connectivity index (χ1n) is 6.56. The minimum atomic E-state index is -4.02. The number of nitrogens with one attached hydrogen (secondary N) is 2. The lowest BCUT2D eigenvalue weighted by atomic mass is 10.2. The van der Waals surface area contributed by atoms with E-state index in [1.54, 1.807) is 0 Å². The van der Waals surface area contributed by atoms with Crippen molar-refractivity contribution in [2.75, 3.05) is 6.54 Å². The molecule has 0 radical (unpaired) electrons. The quantitative estimate of drug-likeness (QED) is 0.842. The third-order valence-electron chi connectivity index (χ3n) is 3.34. The van der Waals surface area contributed by atoms with Gasteiger partial charge >= 0.3 is 0 Å². The van der Waals surface area contributed by atoms with E-state index in [2.05, 4.69) is 10.0 Å². The van der Waals surface area contributed by atoms with Crippen molar-refractivity contribution in [1.29, 1.82) is 0 Å². The zero-order valence-electron chi connectivity index (χ0n) is 11.4. The highest BCUT2D eigenvalue weighted by Crippen LogP contribution is 2.31. The first-order valence-corrected chi connectivity index (χ1v) is 8.04. The van der Waals surface area contributed by atoms with Crippen molar-refractivity contribution < 1.29 is 17.2 Å². The van der Waals surface area contributed by atoms with Crippen LogP contribution in [0.15, 0.2) is 17.0 Å². The van der Waals surface area contributed by atoms with Gasteiger partial charge < -0.3 is 5.32 Å². The van der Waals surface area contributed by atoms with E-state index < -0.39 is 26.6 Å². The Kier molecular flexibility index (Phi) is 4.41. The zero-order chi connectivity index (χ0) is 14.9.